The van der Waals surface area contributed by atoms with E-state index < -0.39 is 28.9 Å². The van der Waals surface area contributed by atoms with Crippen molar-refractivity contribution in [1.82, 2.24) is 9.62 Å². The summed E-state index contributed by atoms with van der Waals surface area (Å²) in [5.74, 6) is 0.573. The smallest absolute Gasteiger partial charge is 0.414 e. The van der Waals surface area contributed by atoms with Crippen LogP contribution in [0.1, 0.15) is 22.0 Å². The molecule has 2 heterocycles. The van der Waals surface area contributed by atoms with Gasteiger partial charge in [0.1, 0.15) is 17.5 Å². The van der Waals surface area contributed by atoms with Crippen molar-refractivity contribution in [2.24, 2.45) is 0 Å². The number of hydrogen-bond acceptors (Lipinski definition) is 7. The van der Waals surface area contributed by atoms with Crippen LogP contribution in [0.25, 0.3) is 0 Å². The van der Waals surface area contributed by atoms with E-state index in [4.69, 9.17) is 21.3 Å². The van der Waals surface area contributed by atoms with Gasteiger partial charge in [-0.15, -0.1) is 11.3 Å². The van der Waals surface area contributed by atoms with Crippen LogP contribution in [0.5, 0.6) is 11.5 Å². The summed E-state index contributed by atoms with van der Waals surface area (Å²) in [5, 5.41) is 3.12. The van der Waals surface area contributed by atoms with Crippen molar-refractivity contribution in [2.75, 3.05) is 0 Å². The molecular formula is C32H27N2O5PS3. The zero-order valence-corrected chi connectivity index (χ0v) is 26.3. The van der Waals surface area contributed by atoms with Gasteiger partial charge in [0.05, 0.1) is 4.90 Å². The molecule has 2 atom stereocenters. The summed E-state index contributed by atoms with van der Waals surface area (Å²) in [6.45, 7) is 1.88. The first kappa shape index (κ1) is 29.1. The Hall–Kier alpha value is -3.95. The van der Waals surface area contributed by atoms with Crippen molar-refractivity contribution >= 4 is 46.3 Å². The topological polar surface area (TPSA) is 84.9 Å². The van der Waals surface area contributed by atoms with E-state index in [-0.39, 0.29) is 21.5 Å². The molecule has 1 aliphatic heterocycles. The second-order valence-corrected chi connectivity index (χ2v) is 15.1. The molecule has 0 spiro atoms. The van der Waals surface area contributed by atoms with Gasteiger partial charge in [0.25, 0.3) is 10.0 Å². The number of sulfonamides is 1. The van der Waals surface area contributed by atoms with Crippen LogP contribution in [0.3, 0.4) is 0 Å². The summed E-state index contributed by atoms with van der Waals surface area (Å²) >= 11 is 7.15. The number of nitrogens with one attached hydrogen (secondary N) is 1. The molecule has 0 amide bonds. The van der Waals surface area contributed by atoms with Gasteiger partial charge in [-0.3, -0.25) is 0 Å². The molecule has 11 heteroatoms. The highest BCUT2D eigenvalue weighted by Crippen LogP contribution is 2.70. The molecule has 1 aromatic heterocycles. The number of rotatable bonds is 9. The van der Waals surface area contributed by atoms with Crippen LogP contribution < -0.4 is 14.4 Å². The molecule has 43 heavy (non-hydrogen) atoms. The number of aryl methyl sites for hydroxylation is 1. The van der Waals surface area contributed by atoms with Crippen LogP contribution in [0.4, 0.5) is 0 Å². The highest BCUT2D eigenvalue weighted by atomic mass is 32.2. The molecule has 6 rings (SSSR count). The van der Waals surface area contributed by atoms with E-state index in [1.54, 1.807) is 103 Å². The van der Waals surface area contributed by atoms with Crippen LogP contribution >= 0.6 is 31.2 Å². The number of thiocarbonyl (C=S) groups is 1. The molecule has 7 nitrogen and oxygen atoms in total. The summed E-state index contributed by atoms with van der Waals surface area (Å²) in [6.07, 6.45) is 0. The van der Waals surface area contributed by atoms with E-state index in [2.05, 4.69) is 5.32 Å². The predicted octanol–water partition coefficient (Wildman–Crippen LogP) is 7.88. The Morgan fingerprint density at radius 1 is 0.791 bits per heavy atom. The van der Waals surface area contributed by atoms with Crippen molar-refractivity contribution < 1.29 is 22.0 Å². The third-order valence-corrected chi connectivity index (χ3v) is 12.6. The van der Waals surface area contributed by atoms with Crippen LogP contribution in [0, 0.1) is 6.92 Å². The lowest BCUT2D eigenvalue weighted by Crippen LogP contribution is -2.44. The van der Waals surface area contributed by atoms with E-state index in [1.807, 2.05) is 36.6 Å². The van der Waals surface area contributed by atoms with E-state index in [1.165, 1.54) is 11.3 Å². The Morgan fingerprint density at radius 2 is 1.33 bits per heavy atom. The van der Waals surface area contributed by atoms with E-state index >= 15 is 4.57 Å². The number of hydrogen-bond donors (Lipinski definition) is 1. The summed E-state index contributed by atoms with van der Waals surface area (Å²) in [4.78, 5) is 0.649. The molecule has 1 aliphatic rings. The molecule has 4 aromatic carbocycles. The number of benzene rings is 4. The Labute approximate surface area is 260 Å². The predicted molar refractivity (Wildman–Crippen MR) is 173 cm³/mol. The number of para-hydroxylation sites is 2. The minimum Gasteiger partial charge on any atom is -0.414 e. The van der Waals surface area contributed by atoms with Gasteiger partial charge in [0, 0.05) is 4.88 Å². The Balaban J connectivity index is 1.65. The second-order valence-electron chi connectivity index (χ2n) is 9.90. The zero-order chi connectivity index (χ0) is 30.1. The Bertz CT molecular complexity index is 1830. The molecule has 0 saturated carbocycles. The van der Waals surface area contributed by atoms with Crippen molar-refractivity contribution in [3.05, 3.63) is 149 Å². The average molecular weight is 647 g/mol. The number of thiophene rings is 1. The highest BCUT2D eigenvalue weighted by Gasteiger charge is 2.69. The second kappa shape index (κ2) is 11.6. The molecule has 0 bridgehead atoms. The lowest BCUT2D eigenvalue weighted by atomic mass is 9.98. The van der Waals surface area contributed by atoms with Gasteiger partial charge < -0.3 is 14.4 Å². The zero-order valence-electron chi connectivity index (χ0n) is 22.9. The fourth-order valence-corrected chi connectivity index (χ4v) is 10.8. The summed E-state index contributed by atoms with van der Waals surface area (Å²) in [6, 6.07) is 35.3. The maximum Gasteiger partial charge on any atom is 0.463 e. The Morgan fingerprint density at radius 3 is 1.84 bits per heavy atom. The van der Waals surface area contributed by atoms with Crippen molar-refractivity contribution in [1.29, 1.82) is 0 Å². The summed E-state index contributed by atoms with van der Waals surface area (Å²) in [7, 11) is -8.76. The lowest BCUT2D eigenvalue weighted by Gasteiger charge is -2.40. The average Bonchev–Trinajstić information content (AvgIpc) is 3.66. The molecule has 218 valence electrons. The standard InChI is InChI=1S/C32H27N2O5PS3/c1-24-19-21-28(22-20-24)43(36,37)34-30(29-18-11-23-42-29)32(33-31(34)41,25-12-5-2-6-13-25)40(35,38-26-14-7-3-8-15-26)39-27-16-9-4-10-17-27/h2-23,30H,1H3,(H,33,41)/t30-,32-/m1/s1. The maximum absolute atomic E-state index is 15.8. The van der Waals surface area contributed by atoms with E-state index in [0.717, 1.165) is 9.87 Å². The van der Waals surface area contributed by atoms with Crippen LogP contribution in [0.15, 0.2) is 138 Å². The highest BCUT2D eigenvalue weighted by molar-refractivity contribution is 7.91. The minimum absolute atomic E-state index is 0.0513. The largest absolute Gasteiger partial charge is 0.463 e. The van der Waals surface area contributed by atoms with Gasteiger partial charge >= 0.3 is 7.60 Å². The van der Waals surface area contributed by atoms with Gasteiger partial charge in [0.2, 0.25) is 5.28 Å². The SMILES string of the molecule is Cc1ccc(S(=O)(=O)N2C(=S)N[C@](c3ccccc3)(P(=O)(Oc3ccccc3)Oc3ccccc3)[C@H]2c2cccs2)cc1. The molecule has 5 aromatic rings. The monoisotopic (exact) mass is 646 g/mol. The molecule has 0 radical (unpaired) electrons. The molecule has 1 fully saturated rings. The quantitative estimate of drug-likeness (QED) is 0.129. The fourth-order valence-electron chi connectivity index (χ4n) is 5.11. The van der Waals surface area contributed by atoms with Crippen LogP contribution in [-0.2, 0) is 19.9 Å². The summed E-state index contributed by atoms with van der Waals surface area (Å²) < 4.78 is 58.7. The molecule has 0 aliphatic carbocycles. The van der Waals surface area contributed by atoms with E-state index in [9.17, 15) is 8.42 Å². The summed E-state index contributed by atoms with van der Waals surface area (Å²) in [5.41, 5.74) is 1.39. The Kier molecular flexibility index (Phi) is 7.87. The van der Waals surface area contributed by atoms with Crippen molar-refractivity contribution in [2.45, 2.75) is 23.1 Å². The molecular weight excluding hydrogens is 620 g/mol. The minimum atomic E-state index is -4.50. The first-order valence-electron chi connectivity index (χ1n) is 13.4. The van der Waals surface area contributed by atoms with Crippen molar-refractivity contribution in [3.63, 3.8) is 0 Å². The molecule has 1 N–H and O–H groups in total. The lowest BCUT2D eigenvalue weighted by molar-refractivity contribution is 0.293. The van der Waals surface area contributed by atoms with Gasteiger partial charge in [-0.05, 0) is 72.5 Å². The van der Waals surface area contributed by atoms with Crippen molar-refractivity contribution in [3.8, 4) is 11.5 Å². The van der Waals surface area contributed by atoms with Crippen LogP contribution in [0.2, 0.25) is 0 Å². The third kappa shape index (κ3) is 5.25. The first-order valence-corrected chi connectivity index (χ1v) is 17.6. The third-order valence-electron chi connectivity index (χ3n) is 7.10. The molecule has 0 unspecified atom stereocenters. The van der Waals surface area contributed by atoms with E-state index in [0.29, 0.717) is 10.4 Å². The first-order chi connectivity index (χ1) is 20.7. The normalized spacial score (nSPS) is 18.7. The van der Waals surface area contributed by atoms with Crippen LogP contribution in [-0.4, -0.2) is 17.8 Å². The van der Waals surface area contributed by atoms with Gasteiger partial charge in [-0.2, -0.15) is 0 Å². The van der Waals surface area contributed by atoms with Gasteiger partial charge in [0.15, 0.2) is 5.11 Å². The number of nitrogens with zero attached hydrogens (tertiary/aromatic N) is 1. The maximum atomic E-state index is 15.8. The fraction of sp³-hybridized carbons (Fsp3) is 0.0938. The van der Waals surface area contributed by atoms with Gasteiger partial charge in [-0.25, -0.2) is 17.3 Å². The van der Waals surface area contributed by atoms with Gasteiger partial charge in [-0.1, -0.05) is 90.5 Å². The molecule has 1 saturated heterocycles.